The summed E-state index contributed by atoms with van der Waals surface area (Å²) in [6, 6.07) is 11.1. The zero-order valence-electron chi connectivity index (χ0n) is 20.1. The van der Waals surface area contributed by atoms with Crippen LogP contribution in [0.25, 0.3) is 0 Å². The van der Waals surface area contributed by atoms with Crippen molar-refractivity contribution in [3.05, 3.63) is 71.2 Å². The smallest absolute Gasteiger partial charge is 0.162 e. The summed E-state index contributed by atoms with van der Waals surface area (Å²) in [6.45, 7) is 9.02. The summed E-state index contributed by atoms with van der Waals surface area (Å²) in [4.78, 5) is 4.16. The number of rotatable bonds is 5. The molecule has 5 heteroatoms. The van der Waals surface area contributed by atoms with Crippen LogP contribution in [0.2, 0.25) is 0 Å². The van der Waals surface area contributed by atoms with Crippen molar-refractivity contribution in [2.75, 3.05) is 30.4 Å². The Bertz CT molecular complexity index is 1150. The summed E-state index contributed by atoms with van der Waals surface area (Å²) in [5, 5.41) is 4.63. The van der Waals surface area contributed by atoms with E-state index in [1.54, 1.807) is 19.2 Å². The standard InChI is InChI=1S/C28H33FN4/c1-6-28(16-17-28)15-14-21-9-7-11-26-23(21)10-8-18-33(26)27(31-30-4)24-19-22(29)12-13-25(24)32(5)20(2)3/h7,9,11-13,19,30H,2,6,8,10,16-18H2,1,3-5H3/b31-27+. The van der Waals surface area contributed by atoms with Crippen LogP contribution in [0.5, 0.6) is 0 Å². The van der Waals surface area contributed by atoms with Crippen molar-refractivity contribution >= 4 is 17.2 Å². The van der Waals surface area contributed by atoms with E-state index in [0.717, 1.165) is 54.0 Å². The number of benzene rings is 2. The first-order valence-electron chi connectivity index (χ1n) is 11.8. The fourth-order valence-electron chi connectivity index (χ4n) is 4.44. The highest BCUT2D eigenvalue weighted by Crippen LogP contribution is 2.48. The van der Waals surface area contributed by atoms with Crippen LogP contribution in [0.15, 0.2) is 53.8 Å². The number of hydrogen-bond donors (Lipinski definition) is 1. The predicted molar refractivity (Wildman–Crippen MR) is 136 cm³/mol. The zero-order chi connectivity index (χ0) is 23.6. The van der Waals surface area contributed by atoms with Crippen LogP contribution in [0.4, 0.5) is 15.8 Å². The van der Waals surface area contributed by atoms with Crippen LogP contribution in [0, 0.1) is 23.1 Å². The van der Waals surface area contributed by atoms with Crippen LogP contribution in [0.3, 0.4) is 0 Å². The number of allylic oxidation sites excluding steroid dienone is 1. The van der Waals surface area contributed by atoms with E-state index in [2.05, 4.69) is 59.0 Å². The Morgan fingerprint density at radius 1 is 1.30 bits per heavy atom. The molecule has 1 fully saturated rings. The molecule has 2 aliphatic rings. The van der Waals surface area contributed by atoms with Gasteiger partial charge in [0.15, 0.2) is 5.84 Å². The number of halogens is 1. The first-order valence-corrected chi connectivity index (χ1v) is 11.8. The molecule has 0 radical (unpaired) electrons. The van der Waals surface area contributed by atoms with Gasteiger partial charge in [0, 0.05) is 48.6 Å². The van der Waals surface area contributed by atoms with Gasteiger partial charge in [-0.25, -0.2) is 4.39 Å². The van der Waals surface area contributed by atoms with Crippen LogP contribution in [0.1, 0.15) is 56.2 Å². The molecule has 4 rings (SSSR count). The average Bonchev–Trinajstić information content (AvgIpc) is 3.61. The van der Waals surface area contributed by atoms with Crippen LogP contribution < -0.4 is 15.2 Å². The lowest BCUT2D eigenvalue weighted by Gasteiger charge is -2.34. The molecular weight excluding hydrogens is 411 g/mol. The Morgan fingerprint density at radius 3 is 2.76 bits per heavy atom. The molecule has 0 atom stereocenters. The maximum atomic E-state index is 14.4. The third kappa shape index (κ3) is 4.61. The van der Waals surface area contributed by atoms with Gasteiger partial charge in [-0.15, -0.1) is 0 Å². The van der Waals surface area contributed by atoms with Crippen molar-refractivity contribution in [3.63, 3.8) is 0 Å². The van der Waals surface area contributed by atoms with Gasteiger partial charge in [-0.2, -0.15) is 5.10 Å². The maximum absolute atomic E-state index is 14.4. The van der Waals surface area contributed by atoms with Gasteiger partial charge in [-0.05, 0) is 74.9 Å². The molecular formula is C28H33FN4. The quantitative estimate of drug-likeness (QED) is 0.279. The van der Waals surface area contributed by atoms with E-state index < -0.39 is 0 Å². The molecule has 2 aromatic rings. The van der Waals surface area contributed by atoms with Gasteiger partial charge in [0.2, 0.25) is 0 Å². The van der Waals surface area contributed by atoms with Gasteiger partial charge in [0.05, 0.1) is 5.69 Å². The van der Waals surface area contributed by atoms with E-state index >= 15 is 0 Å². The third-order valence-corrected chi connectivity index (χ3v) is 6.85. The summed E-state index contributed by atoms with van der Waals surface area (Å²) in [5.74, 6) is 7.45. The summed E-state index contributed by atoms with van der Waals surface area (Å²) in [6.07, 6.45) is 5.47. The maximum Gasteiger partial charge on any atom is 0.162 e. The molecule has 0 bridgehead atoms. The van der Waals surface area contributed by atoms with E-state index in [1.165, 1.54) is 24.5 Å². The molecule has 0 unspecified atom stereocenters. The minimum absolute atomic E-state index is 0.222. The topological polar surface area (TPSA) is 30.9 Å². The summed E-state index contributed by atoms with van der Waals surface area (Å²) in [5.41, 5.74) is 9.05. The molecule has 1 saturated carbocycles. The van der Waals surface area contributed by atoms with Gasteiger partial charge in [0.1, 0.15) is 5.82 Å². The Labute approximate surface area is 197 Å². The largest absolute Gasteiger partial charge is 0.348 e. The minimum atomic E-state index is -0.293. The summed E-state index contributed by atoms with van der Waals surface area (Å²) >= 11 is 0. The third-order valence-electron chi connectivity index (χ3n) is 6.85. The second-order valence-corrected chi connectivity index (χ2v) is 9.06. The molecule has 1 aliphatic heterocycles. The fourth-order valence-corrected chi connectivity index (χ4v) is 4.44. The Kier molecular flexibility index (Phi) is 6.47. The summed E-state index contributed by atoms with van der Waals surface area (Å²) in [7, 11) is 3.71. The number of fused-ring (bicyclic) bond motifs is 1. The van der Waals surface area contributed by atoms with Gasteiger partial charge in [-0.3, -0.25) is 0 Å². The van der Waals surface area contributed by atoms with Crippen molar-refractivity contribution in [2.45, 2.75) is 46.0 Å². The molecule has 1 aliphatic carbocycles. The monoisotopic (exact) mass is 444 g/mol. The molecule has 0 aromatic heterocycles. The molecule has 1 N–H and O–H groups in total. The number of hydrogen-bond acceptors (Lipinski definition) is 3. The Balaban J connectivity index is 1.80. The van der Waals surface area contributed by atoms with Crippen LogP contribution >= 0.6 is 0 Å². The molecule has 4 nitrogen and oxygen atoms in total. The minimum Gasteiger partial charge on any atom is -0.348 e. The van der Waals surface area contributed by atoms with Gasteiger partial charge < -0.3 is 15.2 Å². The highest BCUT2D eigenvalue weighted by molar-refractivity contribution is 6.13. The lowest BCUT2D eigenvalue weighted by molar-refractivity contribution is 0.627. The van der Waals surface area contributed by atoms with E-state index in [0.29, 0.717) is 5.84 Å². The average molecular weight is 445 g/mol. The lowest BCUT2D eigenvalue weighted by atomic mass is 9.94. The number of amidine groups is 1. The van der Waals surface area contributed by atoms with Gasteiger partial charge >= 0.3 is 0 Å². The number of hydrazone groups is 1. The molecule has 2 aromatic carbocycles. The number of anilines is 2. The normalized spacial score (nSPS) is 16.4. The molecule has 0 saturated heterocycles. The molecule has 0 spiro atoms. The highest BCUT2D eigenvalue weighted by atomic mass is 19.1. The summed E-state index contributed by atoms with van der Waals surface area (Å²) < 4.78 is 14.4. The Morgan fingerprint density at radius 2 is 2.09 bits per heavy atom. The first-order chi connectivity index (χ1) is 15.9. The van der Waals surface area contributed by atoms with Crippen LogP contribution in [-0.2, 0) is 6.42 Å². The van der Waals surface area contributed by atoms with Crippen LogP contribution in [-0.4, -0.2) is 26.5 Å². The highest BCUT2D eigenvalue weighted by Gasteiger charge is 2.39. The van der Waals surface area contributed by atoms with E-state index in [9.17, 15) is 4.39 Å². The first kappa shape index (κ1) is 22.9. The number of nitrogens with one attached hydrogen (secondary N) is 1. The molecule has 172 valence electrons. The molecule has 1 heterocycles. The van der Waals surface area contributed by atoms with Crippen molar-refractivity contribution < 1.29 is 4.39 Å². The second-order valence-electron chi connectivity index (χ2n) is 9.06. The van der Waals surface area contributed by atoms with Crippen molar-refractivity contribution in [1.82, 2.24) is 5.43 Å². The fraction of sp³-hybridized carbons (Fsp3) is 0.393. The zero-order valence-corrected chi connectivity index (χ0v) is 20.1. The van der Waals surface area contributed by atoms with Crippen molar-refractivity contribution in [2.24, 2.45) is 10.5 Å². The SMILES string of the molecule is C=C(C)N(C)c1ccc(F)cc1/C(=N\NC)N1CCCc2c(C#CC3(CC)CC3)cccc21. The number of nitrogens with zero attached hydrogens (tertiary/aromatic N) is 3. The Hall–Kier alpha value is -3.26. The van der Waals surface area contributed by atoms with E-state index in [4.69, 9.17) is 0 Å². The second kappa shape index (κ2) is 9.31. The van der Waals surface area contributed by atoms with E-state index in [-0.39, 0.29) is 11.2 Å². The predicted octanol–water partition coefficient (Wildman–Crippen LogP) is 5.67. The van der Waals surface area contributed by atoms with Crippen molar-refractivity contribution in [1.29, 1.82) is 0 Å². The molecule has 33 heavy (non-hydrogen) atoms. The van der Waals surface area contributed by atoms with Gasteiger partial charge in [-0.1, -0.05) is 31.4 Å². The molecule has 0 amide bonds. The van der Waals surface area contributed by atoms with Gasteiger partial charge in [0.25, 0.3) is 0 Å². The lowest BCUT2D eigenvalue weighted by Crippen LogP contribution is -2.38. The van der Waals surface area contributed by atoms with E-state index in [1.807, 2.05) is 18.9 Å². The van der Waals surface area contributed by atoms with Crippen molar-refractivity contribution in [3.8, 4) is 11.8 Å².